The van der Waals surface area contributed by atoms with Crippen LogP contribution >= 0.6 is 11.3 Å². The van der Waals surface area contributed by atoms with Crippen LogP contribution in [0.4, 0.5) is 11.4 Å². The number of nitrogens with zero attached hydrogens (tertiary/aromatic N) is 1. The molecule has 2 N–H and O–H groups in total. The molecule has 0 aliphatic carbocycles. The third-order valence-corrected chi connectivity index (χ3v) is 3.67. The first kappa shape index (κ1) is 12.9. The number of hydrogen-bond acceptors (Lipinski definition) is 4. The Bertz CT molecular complexity index is 453. The Labute approximate surface area is 112 Å². The molecule has 0 spiro atoms. The van der Waals surface area contributed by atoms with Crippen LogP contribution in [0.15, 0.2) is 41.8 Å². The predicted octanol–water partition coefficient (Wildman–Crippen LogP) is 2.79. The third-order valence-electron chi connectivity index (χ3n) is 2.79. The van der Waals surface area contributed by atoms with Gasteiger partial charge in [0, 0.05) is 36.4 Å². The van der Waals surface area contributed by atoms with Gasteiger partial charge >= 0.3 is 0 Å². The second-order valence-corrected chi connectivity index (χ2v) is 5.16. The molecule has 1 aromatic heterocycles. The van der Waals surface area contributed by atoms with Crippen molar-refractivity contribution in [3.05, 3.63) is 46.7 Å². The maximum Gasteiger partial charge on any atom is 0.0606 e. The van der Waals surface area contributed by atoms with E-state index < -0.39 is 0 Å². The van der Waals surface area contributed by atoms with Gasteiger partial charge in [-0.3, -0.25) is 0 Å². The van der Waals surface area contributed by atoms with Crippen LogP contribution in [0.3, 0.4) is 0 Å². The fraction of sp³-hybridized carbons (Fsp3) is 0.286. The highest BCUT2D eigenvalue weighted by molar-refractivity contribution is 7.09. The average molecular weight is 262 g/mol. The summed E-state index contributed by atoms with van der Waals surface area (Å²) in [6.07, 6.45) is 0. The fourth-order valence-electron chi connectivity index (χ4n) is 1.72. The zero-order chi connectivity index (χ0) is 12.8. The molecule has 0 fully saturated rings. The zero-order valence-corrected chi connectivity index (χ0v) is 11.3. The van der Waals surface area contributed by atoms with Crippen LogP contribution in [-0.4, -0.2) is 25.3 Å². The van der Waals surface area contributed by atoms with Crippen molar-refractivity contribution in [1.82, 2.24) is 0 Å². The highest BCUT2D eigenvalue weighted by Gasteiger charge is 2.00. The topological polar surface area (TPSA) is 35.5 Å². The molecule has 0 radical (unpaired) electrons. The van der Waals surface area contributed by atoms with Gasteiger partial charge in [0.05, 0.1) is 6.61 Å². The standard InChI is InChI=1S/C14H18N2OS/c1-16(8-9-17)13-6-4-12(5-7-13)15-11-14-3-2-10-18-14/h2-7,10,15,17H,8-9,11H2,1H3. The number of nitrogens with one attached hydrogen (secondary N) is 1. The smallest absolute Gasteiger partial charge is 0.0606 e. The van der Waals surface area contributed by atoms with Crippen molar-refractivity contribution in [3.8, 4) is 0 Å². The quantitative estimate of drug-likeness (QED) is 0.840. The average Bonchev–Trinajstić information content (AvgIpc) is 2.90. The summed E-state index contributed by atoms with van der Waals surface area (Å²) < 4.78 is 0. The summed E-state index contributed by atoms with van der Waals surface area (Å²) in [4.78, 5) is 3.36. The summed E-state index contributed by atoms with van der Waals surface area (Å²) in [6, 6.07) is 12.4. The summed E-state index contributed by atoms with van der Waals surface area (Å²) >= 11 is 1.76. The van der Waals surface area contributed by atoms with Gasteiger partial charge in [0.1, 0.15) is 0 Å². The lowest BCUT2D eigenvalue weighted by molar-refractivity contribution is 0.304. The van der Waals surface area contributed by atoms with Gasteiger partial charge in [-0.1, -0.05) is 6.07 Å². The van der Waals surface area contributed by atoms with Crippen molar-refractivity contribution in [2.75, 3.05) is 30.4 Å². The maximum atomic E-state index is 8.89. The van der Waals surface area contributed by atoms with Gasteiger partial charge in [-0.25, -0.2) is 0 Å². The minimum atomic E-state index is 0.175. The van der Waals surface area contributed by atoms with Crippen molar-refractivity contribution >= 4 is 22.7 Å². The number of anilines is 2. The van der Waals surface area contributed by atoms with E-state index >= 15 is 0 Å². The molecule has 0 amide bonds. The van der Waals surface area contributed by atoms with Crippen molar-refractivity contribution < 1.29 is 5.11 Å². The summed E-state index contributed by atoms with van der Waals surface area (Å²) in [6.45, 7) is 1.69. The van der Waals surface area contributed by atoms with E-state index in [4.69, 9.17) is 5.11 Å². The molecule has 2 rings (SSSR count). The van der Waals surface area contributed by atoms with E-state index in [-0.39, 0.29) is 6.61 Å². The summed E-state index contributed by atoms with van der Waals surface area (Å²) in [5.41, 5.74) is 2.23. The lowest BCUT2D eigenvalue weighted by atomic mass is 10.2. The number of aliphatic hydroxyl groups excluding tert-OH is 1. The molecule has 4 heteroatoms. The van der Waals surface area contributed by atoms with E-state index in [0.29, 0.717) is 6.54 Å². The number of benzene rings is 1. The van der Waals surface area contributed by atoms with Gasteiger partial charge in [-0.05, 0) is 35.7 Å². The molecule has 96 valence electrons. The third kappa shape index (κ3) is 3.48. The highest BCUT2D eigenvalue weighted by atomic mass is 32.1. The maximum absolute atomic E-state index is 8.89. The highest BCUT2D eigenvalue weighted by Crippen LogP contribution is 2.18. The molecule has 3 nitrogen and oxygen atoms in total. The normalized spacial score (nSPS) is 10.3. The van der Waals surface area contributed by atoms with Gasteiger partial charge in [0.25, 0.3) is 0 Å². The Morgan fingerprint density at radius 2 is 2.00 bits per heavy atom. The van der Waals surface area contributed by atoms with Crippen LogP contribution in [0.2, 0.25) is 0 Å². The summed E-state index contributed by atoms with van der Waals surface area (Å²) in [7, 11) is 1.98. The largest absolute Gasteiger partial charge is 0.395 e. The Morgan fingerprint density at radius 1 is 1.22 bits per heavy atom. The van der Waals surface area contributed by atoms with Gasteiger partial charge < -0.3 is 15.3 Å². The van der Waals surface area contributed by atoms with Crippen LogP contribution in [-0.2, 0) is 6.54 Å². The van der Waals surface area contributed by atoms with E-state index in [1.54, 1.807) is 11.3 Å². The van der Waals surface area contributed by atoms with Crippen LogP contribution in [0.5, 0.6) is 0 Å². The second kappa shape index (κ2) is 6.42. The molecule has 0 unspecified atom stereocenters. The number of hydrogen-bond donors (Lipinski definition) is 2. The number of likely N-dealkylation sites (N-methyl/N-ethyl adjacent to an activating group) is 1. The minimum Gasteiger partial charge on any atom is -0.395 e. The van der Waals surface area contributed by atoms with Crippen molar-refractivity contribution in [1.29, 1.82) is 0 Å². The lowest BCUT2D eigenvalue weighted by Crippen LogP contribution is -2.20. The molecule has 0 bridgehead atoms. The monoisotopic (exact) mass is 262 g/mol. The van der Waals surface area contributed by atoms with E-state index in [2.05, 4.69) is 47.1 Å². The summed E-state index contributed by atoms with van der Waals surface area (Å²) in [5.74, 6) is 0. The Kier molecular flexibility index (Phi) is 4.61. The molecular formula is C14H18N2OS. The van der Waals surface area contributed by atoms with E-state index in [1.165, 1.54) is 4.88 Å². The van der Waals surface area contributed by atoms with Crippen molar-refractivity contribution in [2.45, 2.75) is 6.54 Å². The lowest BCUT2D eigenvalue weighted by Gasteiger charge is -2.18. The van der Waals surface area contributed by atoms with Crippen LogP contribution in [0.25, 0.3) is 0 Å². The molecule has 0 aliphatic rings. The molecule has 1 aromatic carbocycles. The molecule has 0 aliphatic heterocycles. The Hall–Kier alpha value is -1.52. The SMILES string of the molecule is CN(CCO)c1ccc(NCc2cccs2)cc1. The molecule has 1 heterocycles. The number of thiophene rings is 1. The molecule has 2 aromatic rings. The van der Waals surface area contributed by atoms with Crippen molar-refractivity contribution in [2.24, 2.45) is 0 Å². The first-order valence-corrected chi connectivity index (χ1v) is 6.86. The first-order valence-electron chi connectivity index (χ1n) is 5.98. The van der Waals surface area contributed by atoms with Crippen molar-refractivity contribution in [3.63, 3.8) is 0 Å². The van der Waals surface area contributed by atoms with Gasteiger partial charge in [0.15, 0.2) is 0 Å². The predicted molar refractivity (Wildman–Crippen MR) is 78.4 cm³/mol. The Balaban J connectivity index is 1.91. The van der Waals surface area contributed by atoms with E-state index in [0.717, 1.165) is 17.9 Å². The van der Waals surface area contributed by atoms with Crippen LogP contribution in [0, 0.1) is 0 Å². The van der Waals surface area contributed by atoms with Gasteiger partial charge in [0.2, 0.25) is 0 Å². The molecule has 0 saturated carbocycles. The van der Waals surface area contributed by atoms with E-state index in [9.17, 15) is 0 Å². The molecular weight excluding hydrogens is 244 g/mol. The second-order valence-electron chi connectivity index (χ2n) is 4.12. The number of rotatable bonds is 6. The van der Waals surface area contributed by atoms with Gasteiger partial charge in [-0.2, -0.15) is 0 Å². The minimum absolute atomic E-state index is 0.175. The zero-order valence-electron chi connectivity index (χ0n) is 10.5. The van der Waals surface area contributed by atoms with Gasteiger partial charge in [-0.15, -0.1) is 11.3 Å². The van der Waals surface area contributed by atoms with Crippen LogP contribution in [0.1, 0.15) is 4.88 Å². The molecule has 0 saturated heterocycles. The fourth-order valence-corrected chi connectivity index (χ4v) is 2.36. The number of aliphatic hydroxyl groups is 1. The van der Waals surface area contributed by atoms with E-state index in [1.807, 2.05) is 11.9 Å². The molecule has 0 atom stereocenters. The first-order chi connectivity index (χ1) is 8.79. The molecule has 18 heavy (non-hydrogen) atoms. The van der Waals surface area contributed by atoms with Crippen LogP contribution < -0.4 is 10.2 Å². The Morgan fingerprint density at radius 3 is 2.61 bits per heavy atom. The summed E-state index contributed by atoms with van der Waals surface area (Å²) in [5, 5.41) is 14.4.